The molecule has 4 rings (SSSR count). The average Bonchev–Trinajstić information content (AvgIpc) is 3.04. The lowest BCUT2D eigenvalue weighted by Crippen LogP contribution is -2.58. The molecule has 2 aromatic rings. The minimum absolute atomic E-state index is 0.230. The van der Waals surface area contributed by atoms with Gasteiger partial charge in [0, 0.05) is 18.5 Å². The second-order valence-corrected chi connectivity index (χ2v) is 7.61. The van der Waals surface area contributed by atoms with Gasteiger partial charge < -0.3 is 5.32 Å². The second-order valence-electron chi connectivity index (χ2n) is 7.61. The molecule has 136 valence electrons. The van der Waals surface area contributed by atoms with Crippen LogP contribution >= 0.6 is 0 Å². The van der Waals surface area contributed by atoms with Crippen molar-refractivity contribution in [2.24, 2.45) is 10.4 Å². The molecule has 0 aromatic carbocycles. The van der Waals surface area contributed by atoms with Crippen LogP contribution in [0.3, 0.4) is 0 Å². The summed E-state index contributed by atoms with van der Waals surface area (Å²) in [5.74, 6) is -0.0956. The van der Waals surface area contributed by atoms with Gasteiger partial charge in [-0.1, -0.05) is 13.8 Å². The van der Waals surface area contributed by atoms with Crippen LogP contribution in [0.4, 0.5) is 5.95 Å². The molecule has 0 atom stereocenters. The Labute approximate surface area is 149 Å². The Hall–Kier alpha value is -3.04. The number of aryl methyl sites for hydroxylation is 2. The van der Waals surface area contributed by atoms with Crippen LogP contribution < -0.4 is 10.7 Å². The Kier molecular flexibility index (Phi) is 3.30. The van der Waals surface area contributed by atoms with Crippen molar-refractivity contribution in [3.05, 3.63) is 23.8 Å². The van der Waals surface area contributed by atoms with E-state index in [1.165, 1.54) is 11.0 Å². The number of aliphatic imine (C=N–C) groups is 1. The summed E-state index contributed by atoms with van der Waals surface area (Å²) in [6, 6.07) is 1.88. The van der Waals surface area contributed by atoms with Crippen LogP contribution in [0.15, 0.2) is 17.4 Å². The summed E-state index contributed by atoms with van der Waals surface area (Å²) in [5, 5.41) is 15.1. The van der Waals surface area contributed by atoms with E-state index in [1.54, 1.807) is 4.68 Å². The third-order valence-electron chi connectivity index (χ3n) is 4.63. The zero-order valence-corrected chi connectivity index (χ0v) is 15.1. The highest BCUT2D eigenvalue weighted by Gasteiger charge is 2.54. The number of carbonyl (C=O) groups is 2. The van der Waals surface area contributed by atoms with Crippen molar-refractivity contribution in [2.75, 3.05) is 10.7 Å². The van der Waals surface area contributed by atoms with E-state index >= 15 is 0 Å². The molecule has 0 saturated heterocycles. The number of carbonyl (C=O) groups excluding carboxylic acids is 2. The summed E-state index contributed by atoms with van der Waals surface area (Å²) in [6.45, 7) is 7.53. The van der Waals surface area contributed by atoms with E-state index in [2.05, 4.69) is 31.0 Å². The van der Waals surface area contributed by atoms with E-state index in [-0.39, 0.29) is 36.3 Å². The third kappa shape index (κ3) is 2.40. The standard InChI is InChI=1S/C16H20N8O2/c1-9-5-10(2)24(21-9)14-19-16(18-13-20-17-8-23(13)22-14)11(25)6-15(3,4)7-12(16)26/h5,8H,6-7H2,1-4H3,(H,18,20)(H,19,22). The first-order chi connectivity index (χ1) is 12.2. The molecule has 1 spiro atoms. The Bertz CT molecular complexity index is 931. The lowest BCUT2D eigenvalue weighted by atomic mass is 9.71. The highest BCUT2D eigenvalue weighted by molar-refractivity contribution is 6.17. The molecule has 26 heavy (non-hydrogen) atoms. The Morgan fingerprint density at radius 1 is 1.15 bits per heavy atom. The van der Waals surface area contributed by atoms with Crippen molar-refractivity contribution in [3.8, 4) is 0 Å². The average molecular weight is 356 g/mol. The van der Waals surface area contributed by atoms with Crippen molar-refractivity contribution in [1.82, 2.24) is 24.7 Å². The van der Waals surface area contributed by atoms with Crippen LogP contribution in [0.1, 0.15) is 38.1 Å². The maximum absolute atomic E-state index is 13.0. The normalized spacial score (nSPS) is 20.8. The summed E-state index contributed by atoms with van der Waals surface area (Å²) in [6.07, 6.45) is 1.89. The van der Waals surface area contributed by atoms with Crippen molar-refractivity contribution >= 4 is 23.5 Å². The quantitative estimate of drug-likeness (QED) is 0.664. The van der Waals surface area contributed by atoms with E-state index in [9.17, 15) is 9.59 Å². The number of Topliss-reactive ketones (excluding diaryl/α,β-unsaturated/α-hetero) is 2. The van der Waals surface area contributed by atoms with Crippen LogP contribution in [0.2, 0.25) is 0 Å². The summed E-state index contributed by atoms with van der Waals surface area (Å²) < 4.78 is 3.04. The molecule has 1 aliphatic carbocycles. The molecule has 1 saturated carbocycles. The number of aromatic nitrogens is 5. The highest BCUT2D eigenvalue weighted by atomic mass is 16.2. The first-order valence-corrected chi connectivity index (χ1v) is 8.36. The third-order valence-corrected chi connectivity index (χ3v) is 4.63. The molecule has 0 radical (unpaired) electrons. The lowest BCUT2D eigenvalue weighted by molar-refractivity contribution is -0.140. The van der Waals surface area contributed by atoms with E-state index in [0.29, 0.717) is 0 Å². The fourth-order valence-corrected chi connectivity index (χ4v) is 3.43. The second kappa shape index (κ2) is 5.23. The molecule has 1 aliphatic heterocycles. The zero-order chi connectivity index (χ0) is 18.7. The van der Waals surface area contributed by atoms with Gasteiger partial charge in [-0.25, -0.2) is 14.4 Å². The van der Waals surface area contributed by atoms with Crippen LogP contribution in [0.25, 0.3) is 0 Å². The lowest BCUT2D eigenvalue weighted by Gasteiger charge is -2.37. The molecule has 0 bridgehead atoms. The van der Waals surface area contributed by atoms with Gasteiger partial charge in [0.15, 0.2) is 11.6 Å². The summed E-state index contributed by atoms with van der Waals surface area (Å²) in [4.78, 5) is 30.6. The van der Waals surface area contributed by atoms with E-state index < -0.39 is 11.1 Å². The zero-order valence-electron chi connectivity index (χ0n) is 15.1. The largest absolute Gasteiger partial charge is 0.316 e. The minimum Gasteiger partial charge on any atom is -0.316 e. The van der Waals surface area contributed by atoms with Gasteiger partial charge in [0.1, 0.15) is 6.33 Å². The van der Waals surface area contributed by atoms with Gasteiger partial charge in [0.05, 0.1) is 5.69 Å². The van der Waals surface area contributed by atoms with Crippen molar-refractivity contribution in [1.29, 1.82) is 0 Å². The SMILES string of the molecule is Cc1cc(C)n(C2=NC3(Nc4nncn4N2)C(=O)CC(C)(C)CC3=O)n1. The number of hydrogen-bond donors (Lipinski definition) is 2. The number of rotatable bonds is 0. The van der Waals surface area contributed by atoms with Gasteiger partial charge >= 0.3 is 0 Å². The molecular weight excluding hydrogens is 336 g/mol. The number of hydrogen-bond acceptors (Lipinski definition) is 8. The molecule has 0 unspecified atom stereocenters. The molecule has 3 heterocycles. The van der Waals surface area contributed by atoms with Gasteiger partial charge in [-0.2, -0.15) is 5.10 Å². The fourth-order valence-electron chi connectivity index (χ4n) is 3.43. The van der Waals surface area contributed by atoms with Gasteiger partial charge in [0.2, 0.25) is 11.9 Å². The maximum atomic E-state index is 13.0. The van der Waals surface area contributed by atoms with E-state index in [0.717, 1.165) is 11.4 Å². The molecule has 2 N–H and O–H groups in total. The molecule has 0 amide bonds. The number of nitrogens with one attached hydrogen (secondary N) is 2. The Morgan fingerprint density at radius 2 is 1.85 bits per heavy atom. The predicted molar refractivity (Wildman–Crippen MR) is 93.3 cm³/mol. The number of ketones is 2. The van der Waals surface area contributed by atoms with Gasteiger partial charge in [0.25, 0.3) is 5.66 Å². The van der Waals surface area contributed by atoms with Crippen LogP contribution in [0.5, 0.6) is 0 Å². The van der Waals surface area contributed by atoms with E-state index in [4.69, 9.17) is 0 Å². The molecule has 2 aliphatic rings. The molecule has 10 heteroatoms. The van der Waals surface area contributed by atoms with Crippen molar-refractivity contribution < 1.29 is 9.59 Å². The summed E-state index contributed by atoms with van der Waals surface area (Å²) >= 11 is 0. The summed E-state index contributed by atoms with van der Waals surface area (Å²) in [5.41, 5.74) is 2.50. The monoisotopic (exact) mass is 356 g/mol. The highest BCUT2D eigenvalue weighted by Crippen LogP contribution is 2.38. The minimum atomic E-state index is -1.73. The van der Waals surface area contributed by atoms with Crippen LogP contribution in [-0.4, -0.2) is 47.8 Å². The fraction of sp³-hybridized carbons (Fsp3) is 0.500. The van der Waals surface area contributed by atoms with Crippen LogP contribution in [-0.2, 0) is 9.59 Å². The van der Waals surface area contributed by atoms with Gasteiger partial charge in [-0.15, -0.1) is 10.2 Å². The van der Waals surface area contributed by atoms with E-state index in [1.807, 2.05) is 33.8 Å². The molecule has 1 fully saturated rings. The number of nitrogens with zero attached hydrogens (tertiary/aromatic N) is 6. The first-order valence-electron chi connectivity index (χ1n) is 8.36. The topological polar surface area (TPSA) is 119 Å². The molecular formula is C16H20N8O2. The first kappa shape index (κ1) is 16.4. The number of anilines is 1. The molecule has 2 aromatic heterocycles. The van der Waals surface area contributed by atoms with Gasteiger partial charge in [-0.05, 0) is 25.3 Å². The smallest absolute Gasteiger partial charge is 0.254 e. The van der Waals surface area contributed by atoms with Crippen LogP contribution in [0, 0.1) is 19.3 Å². The number of fused-ring (bicyclic) bond motifs is 1. The molecule has 10 nitrogen and oxygen atoms in total. The Balaban J connectivity index is 1.91. The Morgan fingerprint density at radius 3 is 2.46 bits per heavy atom. The van der Waals surface area contributed by atoms with Crippen molar-refractivity contribution in [3.63, 3.8) is 0 Å². The predicted octanol–water partition coefficient (Wildman–Crippen LogP) is 0.619. The van der Waals surface area contributed by atoms with Crippen molar-refractivity contribution in [2.45, 2.75) is 46.2 Å². The van der Waals surface area contributed by atoms with Gasteiger partial charge in [-0.3, -0.25) is 15.0 Å². The maximum Gasteiger partial charge on any atom is 0.254 e. The summed E-state index contributed by atoms with van der Waals surface area (Å²) in [7, 11) is 0.